The van der Waals surface area contributed by atoms with Gasteiger partial charge in [-0.15, -0.1) is 0 Å². The van der Waals surface area contributed by atoms with Crippen LogP contribution in [0.3, 0.4) is 0 Å². The first kappa shape index (κ1) is 32.1. The quantitative estimate of drug-likeness (QED) is 0.166. The summed E-state index contributed by atoms with van der Waals surface area (Å²) in [5.74, 6) is 0.922. The average molecular weight is 719 g/mol. The van der Waals surface area contributed by atoms with Gasteiger partial charge in [0.2, 0.25) is 0 Å². The number of hydrogen-bond donors (Lipinski definition) is 0. The van der Waals surface area contributed by atoms with Crippen LogP contribution in [0.25, 0.3) is 65.4 Å². The van der Waals surface area contributed by atoms with E-state index in [4.69, 9.17) is 4.42 Å². The average Bonchev–Trinajstić information content (AvgIpc) is 3.73. The Hall–Kier alpha value is -6.18. The minimum atomic E-state index is -0.0602. The number of furan rings is 1. The largest absolute Gasteiger partial charge is 0.455 e. The van der Waals surface area contributed by atoms with Crippen LogP contribution >= 0.6 is 0 Å². The third-order valence-corrected chi connectivity index (χ3v) is 13.8. The first-order valence-electron chi connectivity index (χ1n) is 20.4. The van der Waals surface area contributed by atoms with Crippen LogP contribution in [-0.4, -0.2) is 0 Å². The summed E-state index contributed by atoms with van der Waals surface area (Å²) in [6.07, 6.45) is 29.2. The maximum absolute atomic E-state index is 6.58. The van der Waals surface area contributed by atoms with E-state index in [1.807, 2.05) is 0 Å². The highest BCUT2D eigenvalue weighted by Crippen LogP contribution is 2.57. The van der Waals surface area contributed by atoms with Gasteiger partial charge in [-0.05, 0) is 115 Å². The Morgan fingerprint density at radius 2 is 1.25 bits per heavy atom. The fourth-order valence-electron chi connectivity index (χ4n) is 11.2. The van der Waals surface area contributed by atoms with Gasteiger partial charge in [-0.1, -0.05) is 159 Å². The highest BCUT2D eigenvalue weighted by atomic mass is 16.3. The summed E-state index contributed by atoms with van der Waals surface area (Å²) in [4.78, 5) is 0. The van der Waals surface area contributed by atoms with Crippen molar-refractivity contribution in [1.29, 1.82) is 0 Å². The fraction of sp³-hybridized carbons (Fsp3) is 0.164. The molecule has 7 aromatic rings. The molecule has 0 radical (unpaired) electrons. The summed E-state index contributed by atoms with van der Waals surface area (Å²) in [6, 6.07) is 36.3. The summed E-state index contributed by atoms with van der Waals surface area (Å²) in [5, 5.41) is 10.2. The zero-order valence-corrected chi connectivity index (χ0v) is 31.9. The van der Waals surface area contributed by atoms with E-state index in [0.717, 1.165) is 30.4 Å². The highest BCUT2D eigenvalue weighted by molar-refractivity contribution is 6.17. The SMILES string of the molecule is CC1(C)C2=CC=C(c3c4ccccc4c(C4=CC=C(C5=CC=CCC5)C5C=CC=CC45)c4ccccc34)CC2c2cc3c(ccc4c5ccccc5oc34)cc21. The Morgan fingerprint density at radius 1 is 0.571 bits per heavy atom. The lowest BCUT2D eigenvalue weighted by Crippen LogP contribution is -2.21. The number of fused-ring (bicyclic) bond motifs is 11. The van der Waals surface area contributed by atoms with E-state index in [-0.39, 0.29) is 11.3 Å². The Morgan fingerprint density at radius 3 is 1.98 bits per heavy atom. The lowest BCUT2D eigenvalue weighted by Gasteiger charge is -2.35. The molecule has 12 rings (SSSR count). The molecule has 5 aliphatic rings. The van der Waals surface area contributed by atoms with Crippen LogP contribution in [0.2, 0.25) is 0 Å². The predicted octanol–water partition coefficient (Wildman–Crippen LogP) is 14.8. The van der Waals surface area contributed by atoms with Crippen molar-refractivity contribution in [3.05, 3.63) is 203 Å². The maximum Gasteiger partial charge on any atom is 0.143 e. The van der Waals surface area contributed by atoms with Crippen molar-refractivity contribution in [3.8, 4) is 0 Å². The van der Waals surface area contributed by atoms with Gasteiger partial charge in [0.1, 0.15) is 11.2 Å². The van der Waals surface area contributed by atoms with Crippen LogP contribution in [0.1, 0.15) is 61.3 Å². The monoisotopic (exact) mass is 718 g/mol. The lowest BCUT2D eigenvalue weighted by atomic mass is 9.69. The summed E-state index contributed by atoms with van der Waals surface area (Å²) in [6.45, 7) is 4.84. The van der Waals surface area contributed by atoms with Gasteiger partial charge in [-0.3, -0.25) is 0 Å². The molecule has 1 aromatic heterocycles. The standard InChI is InChI=1S/C55H42O/c1-55(2)49-29-25-35(30-47(49)48-32-46-34(31-50(48)55)24-26-45-39-18-12-13-23-51(39)56-54(45)46)52-40-19-8-10-21-42(40)53(43-22-11-9-20-41(43)52)44-28-27-36(33-14-4-3-5-15-33)37-16-6-7-17-38(37)44/h3-4,6-14,16-29,31-32,37-38,47H,5,15,30H2,1-2H3. The molecular weight excluding hydrogens is 677 g/mol. The summed E-state index contributed by atoms with van der Waals surface area (Å²) in [5.41, 5.74) is 14.8. The molecule has 268 valence electrons. The van der Waals surface area contributed by atoms with Gasteiger partial charge >= 0.3 is 0 Å². The smallest absolute Gasteiger partial charge is 0.143 e. The molecule has 1 heterocycles. The molecule has 0 bridgehead atoms. The Kier molecular flexibility index (Phi) is 6.83. The lowest BCUT2D eigenvalue weighted by molar-refractivity contribution is 0.615. The molecule has 1 nitrogen and oxygen atoms in total. The zero-order valence-electron chi connectivity index (χ0n) is 31.9. The zero-order chi connectivity index (χ0) is 37.1. The van der Waals surface area contributed by atoms with Gasteiger partial charge in [0.25, 0.3) is 0 Å². The normalized spacial score (nSPS) is 22.2. The van der Waals surface area contributed by atoms with E-state index < -0.39 is 0 Å². The number of para-hydroxylation sites is 1. The van der Waals surface area contributed by atoms with E-state index in [9.17, 15) is 0 Å². The first-order valence-corrected chi connectivity index (χ1v) is 20.4. The number of hydrogen-bond acceptors (Lipinski definition) is 1. The Labute approximate surface area is 327 Å². The van der Waals surface area contributed by atoms with Crippen molar-refractivity contribution in [3.63, 3.8) is 0 Å². The van der Waals surface area contributed by atoms with Crippen molar-refractivity contribution >= 4 is 65.4 Å². The number of allylic oxidation sites excluding steroid dienone is 16. The maximum atomic E-state index is 6.58. The first-order chi connectivity index (χ1) is 27.5. The van der Waals surface area contributed by atoms with E-state index in [1.54, 1.807) is 0 Å². The summed E-state index contributed by atoms with van der Waals surface area (Å²) >= 11 is 0. The molecule has 0 fully saturated rings. The molecule has 6 aromatic carbocycles. The van der Waals surface area contributed by atoms with Crippen LogP contribution in [0.15, 0.2) is 185 Å². The molecule has 0 saturated carbocycles. The molecule has 0 saturated heterocycles. The second-order valence-corrected chi connectivity index (χ2v) is 17.0. The van der Waals surface area contributed by atoms with Gasteiger partial charge in [0.15, 0.2) is 0 Å². The van der Waals surface area contributed by atoms with Gasteiger partial charge in [-0.2, -0.15) is 0 Å². The van der Waals surface area contributed by atoms with Crippen LogP contribution in [0.5, 0.6) is 0 Å². The molecule has 0 aliphatic heterocycles. The highest BCUT2D eigenvalue weighted by Gasteiger charge is 2.43. The third-order valence-electron chi connectivity index (χ3n) is 13.8. The van der Waals surface area contributed by atoms with Crippen LogP contribution in [0, 0.1) is 11.8 Å². The van der Waals surface area contributed by atoms with E-state index in [0.29, 0.717) is 11.8 Å². The molecule has 3 atom stereocenters. The number of benzene rings is 6. The van der Waals surface area contributed by atoms with Crippen LogP contribution in [-0.2, 0) is 5.41 Å². The second-order valence-electron chi connectivity index (χ2n) is 17.0. The van der Waals surface area contributed by atoms with E-state index in [1.165, 1.54) is 93.2 Å². The van der Waals surface area contributed by atoms with Gasteiger partial charge < -0.3 is 4.42 Å². The second kappa shape index (κ2) is 11.9. The van der Waals surface area contributed by atoms with Crippen LogP contribution < -0.4 is 0 Å². The Bertz CT molecular complexity index is 3080. The van der Waals surface area contributed by atoms with Crippen molar-refractivity contribution in [2.24, 2.45) is 11.8 Å². The minimum Gasteiger partial charge on any atom is -0.455 e. The van der Waals surface area contributed by atoms with Crippen molar-refractivity contribution in [2.45, 2.75) is 44.4 Å². The molecule has 0 spiro atoms. The summed E-state index contributed by atoms with van der Waals surface area (Å²) < 4.78 is 6.58. The topological polar surface area (TPSA) is 13.1 Å². The molecule has 56 heavy (non-hydrogen) atoms. The van der Waals surface area contributed by atoms with Gasteiger partial charge in [-0.25, -0.2) is 0 Å². The molecule has 5 aliphatic carbocycles. The fourth-order valence-corrected chi connectivity index (χ4v) is 11.2. The number of rotatable bonds is 3. The van der Waals surface area contributed by atoms with Crippen molar-refractivity contribution in [2.75, 3.05) is 0 Å². The Balaban J connectivity index is 1.03. The summed E-state index contributed by atoms with van der Waals surface area (Å²) in [7, 11) is 0. The molecule has 3 unspecified atom stereocenters. The third kappa shape index (κ3) is 4.49. The molecule has 1 heteroatoms. The predicted molar refractivity (Wildman–Crippen MR) is 237 cm³/mol. The van der Waals surface area contributed by atoms with E-state index >= 15 is 0 Å². The van der Waals surface area contributed by atoms with Gasteiger partial charge in [0.05, 0.1) is 0 Å². The molecular formula is C55H42O. The molecule has 0 N–H and O–H groups in total. The van der Waals surface area contributed by atoms with Crippen molar-refractivity contribution in [1.82, 2.24) is 0 Å². The van der Waals surface area contributed by atoms with E-state index in [2.05, 4.69) is 178 Å². The molecule has 0 amide bonds. The van der Waals surface area contributed by atoms with Crippen molar-refractivity contribution < 1.29 is 4.42 Å². The minimum absolute atomic E-state index is 0.0602. The van der Waals surface area contributed by atoms with Gasteiger partial charge in [0, 0.05) is 39.3 Å². The van der Waals surface area contributed by atoms with Crippen LogP contribution in [0.4, 0.5) is 0 Å².